The van der Waals surface area contributed by atoms with Crippen molar-refractivity contribution in [3.63, 3.8) is 0 Å². The lowest BCUT2D eigenvalue weighted by Gasteiger charge is -2.31. The Bertz CT molecular complexity index is 580. The molecule has 2 aromatic rings. The van der Waals surface area contributed by atoms with Crippen molar-refractivity contribution >= 4 is 16.6 Å². The standard InChI is InChI=1S/C18H27N3/c1-4-6-11-21(14(3)5-2)18-17-10-8-7-9-15(17)12-16(13-19)20-18/h7-10,12,14H,4-6,11,13,19H2,1-3H3. The van der Waals surface area contributed by atoms with E-state index in [1.54, 1.807) is 0 Å². The van der Waals surface area contributed by atoms with Crippen molar-refractivity contribution in [1.82, 2.24) is 4.98 Å². The predicted molar refractivity (Wildman–Crippen MR) is 91.6 cm³/mol. The third-order valence-electron chi connectivity index (χ3n) is 4.13. The first-order valence-corrected chi connectivity index (χ1v) is 8.06. The molecular formula is C18H27N3. The summed E-state index contributed by atoms with van der Waals surface area (Å²) in [6, 6.07) is 11.1. The number of aromatic nitrogens is 1. The molecule has 0 bridgehead atoms. The molecule has 3 heteroatoms. The topological polar surface area (TPSA) is 42.2 Å². The molecule has 1 unspecified atom stereocenters. The van der Waals surface area contributed by atoms with Gasteiger partial charge in [-0.15, -0.1) is 0 Å². The van der Waals surface area contributed by atoms with Crippen molar-refractivity contribution in [2.45, 2.75) is 52.6 Å². The predicted octanol–water partition coefficient (Wildman–Crippen LogP) is 4.10. The molecule has 21 heavy (non-hydrogen) atoms. The van der Waals surface area contributed by atoms with Crippen molar-refractivity contribution in [1.29, 1.82) is 0 Å². The second-order valence-corrected chi connectivity index (χ2v) is 5.67. The van der Waals surface area contributed by atoms with Gasteiger partial charge in [-0.1, -0.05) is 44.5 Å². The highest BCUT2D eigenvalue weighted by molar-refractivity contribution is 5.92. The second kappa shape index (κ2) is 7.41. The third-order valence-corrected chi connectivity index (χ3v) is 4.13. The summed E-state index contributed by atoms with van der Waals surface area (Å²) in [5.74, 6) is 1.09. The van der Waals surface area contributed by atoms with Crippen LogP contribution in [0.5, 0.6) is 0 Å². The molecule has 1 heterocycles. The minimum absolute atomic E-state index is 0.486. The van der Waals surface area contributed by atoms with E-state index in [0.29, 0.717) is 12.6 Å². The molecule has 1 atom stereocenters. The average molecular weight is 285 g/mol. The Labute approximate surface area is 128 Å². The van der Waals surface area contributed by atoms with Crippen LogP contribution in [0.4, 0.5) is 5.82 Å². The van der Waals surface area contributed by atoms with Gasteiger partial charge in [0.05, 0.1) is 5.69 Å². The number of pyridine rings is 1. The lowest BCUT2D eigenvalue weighted by Crippen LogP contribution is -2.34. The lowest BCUT2D eigenvalue weighted by atomic mass is 10.1. The molecule has 0 aliphatic rings. The summed E-state index contributed by atoms with van der Waals surface area (Å²) in [5, 5.41) is 2.46. The van der Waals surface area contributed by atoms with Crippen molar-refractivity contribution in [2.24, 2.45) is 5.73 Å². The number of unbranched alkanes of at least 4 members (excludes halogenated alkanes) is 1. The Hall–Kier alpha value is -1.61. The molecule has 0 aliphatic heterocycles. The van der Waals surface area contributed by atoms with Gasteiger partial charge in [-0.2, -0.15) is 0 Å². The van der Waals surface area contributed by atoms with Gasteiger partial charge in [-0.05, 0) is 31.2 Å². The zero-order chi connectivity index (χ0) is 15.2. The van der Waals surface area contributed by atoms with Gasteiger partial charge in [-0.25, -0.2) is 4.98 Å². The molecule has 0 aliphatic carbocycles. The summed E-state index contributed by atoms with van der Waals surface area (Å²) in [6.07, 6.45) is 3.50. The van der Waals surface area contributed by atoms with Crippen LogP contribution >= 0.6 is 0 Å². The largest absolute Gasteiger partial charge is 0.353 e. The number of hydrogen-bond donors (Lipinski definition) is 1. The first-order valence-electron chi connectivity index (χ1n) is 8.06. The Morgan fingerprint density at radius 3 is 2.67 bits per heavy atom. The van der Waals surface area contributed by atoms with Crippen LogP contribution in [0.25, 0.3) is 10.8 Å². The number of benzene rings is 1. The number of anilines is 1. The summed E-state index contributed by atoms with van der Waals surface area (Å²) >= 11 is 0. The van der Waals surface area contributed by atoms with Gasteiger partial charge in [0.1, 0.15) is 5.82 Å². The molecule has 0 saturated carbocycles. The van der Waals surface area contributed by atoms with Gasteiger partial charge >= 0.3 is 0 Å². The van der Waals surface area contributed by atoms with E-state index < -0.39 is 0 Å². The summed E-state index contributed by atoms with van der Waals surface area (Å²) in [6.45, 7) is 8.28. The highest BCUT2D eigenvalue weighted by Crippen LogP contribution is 2.28. The fourth-order valence-electron chi connectivity index (χ4n) is 2.64. The van der Waals surface area contributed by atoms with Crippen LogP contribution in [0.1, 0.15) is 45.7 Å². The molecule has 0 saturated heterocycles. The van der Waals surface area contributed by atoms with E-state index in [9.17, 15) is 0 Å². The van der Waals surface area contributed by atoms with E-state index in [0.717, 1.165) is 24.5 Å². The van der Waals surface area contributed by atoms with Crippen LogP contribution in [0.15, 0.2) is 30.3 Å². The first kappa shape index (κ1) is 15.8. The highest BCUT2D eigenvalue weighted by Gasteiger charge is 2.17. The van der Waals surface area contributed by atoms with E-state index in [4.69, 9.17) is 10.7 Å². The molecular weight excluding hydrogens is 258 g/mol. The van der Waals surface area contributed by atoms with Crippen LogP contribution in [-0.2, 0) is 6.54 Å². The molecule has 2 N–H and O–H groups in total. The number of nitrogens with zero attached hydrogens (tertiary/aromatic N) is 2. The van der Waals surface area contributed by atoms with E-state index in [-0.39, 0.29) is 0 Å². The molecule has 1 aromatic carbocycles. The van der Waals surface area contributed by atoms with Crippen molar-refractivity contribution in [3.05, 3.63) is 36.0 Å². The minimum Gasteiger partial charge on any atom is -0.353 e. The summed E-state index contributed by atoms with van der Waals surface area (Å²) in [5.41, 5.74) is 6.80. The second-order valence-electron chi connectivity index (χ2n) is 5.67. The minimum atomic E-state index is 0.486. The van der Waals surface area contributed by atoms with E-state index in [1.165, 1.54) is 23.6 Å². The van der Waals surface area contributed by atoms with Crippen LogP contribution in [0, 0.1) is 0 Å². The maximum absolute atomic E-state index is 5.84. The molecule has 114 valence electrons. The van der Waals surface area contributed by atoms with Gasteiger partial charge in [0.15, 0.2) is 0 Å². The lowest BCUT2D eigenvalue weighted by molar-refractivity contribution is 0.590. The van der Waals surface area contributed by atoms with Crippen LogP contribution < -0.4 is 10.6 Å². The normalized spacial score (nSPS) is 12.6. The molecule has 0 fully saturated rings. The number of nitrogens with two attached hydrogens (primary N) is 1. The number of hydrogen-bond acceptors (Lipinski definition) is 3. The van der Waals surface area contributed by atoms with E-state index in [1.807, 2.05) is 0 Å². The van der Waals surface area contributed by atoms with Gasteiger partial charge < -0.3 is 10.6 Å². The van der Waals surface area contributed by atoms with Crippen LogP contribution in [-0.4, -0.2) is 17.6 Å². The van der Waals surface area contributed by atoms with Gasteiger partial charge in [0, 0.05) is 24.5 Å². The quantitative estimate of drug-likeness (QED) is 0.833. The van der Waals surface area contributed by atoms with Crippen LogP contribution in [0.3, 0.4) is 0 Å². The molecule has 3 nitrogen and oxygen atoms in total. The van der Waals surface area contributed by atoms with Crippen molar-refractivity contribution in [2.75, 3.05) is 11.4 Å². The van der Waals surface area contributed by atoms with E-state index in [2.05, 4.69) is 56.0 Å². The van der Waals surface area contributed by atoms with Gasteiger partial charge in [0.25, 0.3) is 0 Å². The monoisotopic (exact) mass is 285 g/mol. The molecule has 0 radical (unpaired) electrons. The maximum Gasteiger partial charge on any atom is 0.137 e. The highest BCUT2D eigenvalue weighted by atomic mass is 15.2. The Kier molecular flexibility index (Phi) is 5.57. The molecule has 1 aromatic heterocycles. The first-order chi connectivity index (χ1) is 10.2. The van der Waals surface area contributed by atoms with Crippen molar-refractivity contribution in [3.8, 4) is 0 Å². The smallest absolute Gasteiger partial charge is 0.137 e. The zero-order valence-electron chi connectivity index (χ0n) is 13.5. The molecule has 0 spiro atoms. The van der Waals surface area contributed by atoms with Gasteiger partial charge in [-0.3, -0.25) is 0 Å². The average Bonchev–Trinajstić information content (AvgIpc) is 2.54. The molecule has 0 amide bonds. The Balaban J connectivity index is 2.53. The third kappa shape index (κ3) is 3.53. The van der Waals surface area contributed by atoms with Crippen LogP contribution in [0.2, 0.25) is 0 Å². The fraction of sp³-hybridized carbons (Fsp3) is 0.500. The Morgan fingerprint density at radius 1 is 1.24 bits per heavy atom. The number of fused-ring (bicyclic) bond motifs is 1. The molecule has 2 rings (SSSR count). The summed E-state index contributed by atoms with van der Waals surface area (Å²) in [7, 11) is 0. The number of rotatable bonds is 7. The Morgan fingerprint density at radius 2 is 2.00 bits per heavy atom. The summed E-state index contributed by atoms with van der Waals surface area (Å²) in [4.78, 5) is 7.29. The zero-order valence-corrected chi connectivity index (χ0v) is 13.5. The van der Waals surface area contributed by atoms with E-state index >= 15 is 0 Å². The SMILES string of the molecule is CCCCN(c1nc(CN)cc2ccccc12)C(C)CC. The fourth-order valence-corrected chi connectivity index (χ4v) is 2.64. The van der Waals surface area contributed by atoms with Crippen molar-refractivity contribution < 1.29 is 0 Å². The maximum atomic E-state index is 5.84. The summed E-state index contributed by atoms with van der Waals surface area (Å²) < 4.78 is 0. The van der Waals surface area contributed by atoms with Gasteiger partial charge in [0.2, 0.25) is 0 Å².